The van der Waals surface area contributed by atoms with Crippen LogP contribution in [-0.2, 0) is 22.4 Å². The van der Waals surface area contributed by atoms with Gasteiger partial charge in [-0.15, -0.1) is 23.1 Å². The lowest BCUT2D eigenvalue weighted by atomic mass is 10.1. The number of carboxylic acids is 1. The maximum atomic E-state index is 11.4. The zero-order chi connectivity index (χ0) is 21.5. The Morgan fingerprint density at radius 2 is 1.73 bits per heavy atom. The summed E-state index contributed by atoms with van der Waals surface area (Å²) in [4.78, 5) is 29.1. The fraction of sp³-hybridized carbons (Fsp3) is 0.174. The fourth-order valence-corrected chi connectivity index (χ4v) is 4.29. The Labute approximate surface area is 183 Å². The molecule has 2 aromatic carbocycles. The number of hydrogen-bond acceptors (Lipinski definition) is 5. The maximum Gasteiger partial charge on any atom is 0.307 e. The second-order valence-electron chi connectivity index (χ2n) is 6.68. The van der Waals surface area contributed by atoms with E-state index in [-0.39, 0.29) is 12.3 Å². The number of rotatable bonds is 8. The Morgan fingerprint density at radius 3 is 2.33 bits per heavy atom. The van der Waals surface area contributed by atoms with Gasteiger partial charge in [0.1, 0.15) is 0 Å². The summed E-state index contributed by atoms with van der Waals surface area (Å²) in [5.41, 5.74) is 3.70. The van der Waals surface area contributed by atoms with Gasteiger partial charge >= 0.3 is 5.97 Å². The first-order valence-corrected chi connectivity index (χ1v) is 11.4. The van der Waals surface area contributed by atoms with Gasteiger partial charge in [0.15, 0.2) is 5.13 Å². The van der Waals surface area contributed by atoms with E-state index in [2.05, 4.69) is 40.8 Å². The van der Waals surface area contributed by atoms with Crippen LogP contribution >= 0.6 is 23.1 Å². The number of thiazole rings is 1. The number of thioether (sulfide) groups is 1. The molecule has 0 radical (unpaired) electrons. The molecule has 3 rings (SSSR count). The molecule has 0 saturated carbocycles. The van der Waals surface area contributed by atoms with Crippen molar-refractivity contribution >= 4 is 52.3 Å². The third kappa shape index (κ3) is 6.30. The third-order valence-corrected chi connectivity index (χ3v) is 6.03. The van der Waals surface area contributed by atoms with Gasteiger partial charge in [-0.3, -0.25) is 9.59 Å². The number of benzene rings is 2. The number of anilines is 1. The largest absolute Gasteiger partial charge is 0.481 e. The summed E-state index contributed by atoms with van der Waals surface area (Å²) >= 11 is 3.18. The van der Waals surface area contributed by atoms with Crippen molar-refractivity contribution in [3.05, 3.63) is 75.8 Å². The first-order chi connectivity index (χ1) is 14.4. The van der Waals surface area contributed by atoms with Crippen LogP contribution in [0.4, 0.5) is 5.13 Å². The Hall–Kier alpha value is -2.90. The van der Waals surface area contributed by atoms with Gasteiger partial charge in [0.05, 0.1) is 12.1 Å². The number of amides is 1. The van der Waals surface area contributed by atoms with E-state index < -0.39 is 5.97 Å². The molecule has 7 heteroatoms. The number of carbonyl (C=O) groups is 2. The Balaban J connectivity index is 1.82. The van der Waals surface area contributed by atoms with Gasteiger partial charge in [0, 0.05) is 23.1 Å². The van der Waals surface area contributed by atoms with Gasteiger partial charge in [0.2, 0.25) is 5.91 Å². The molecule has 0 bridgehead atoms. The fourth-order valence-electron chi connectivity index (χ4n) is 2.85. The normalized spacial score (nSPS) is 11.0. The average Bonchev–Trinajstić information content (AvgIpc) is 3.08. The molecular formula is C23H22N2O3S2. The molecule has 1 aromatic heterocycles. The quantitative estimate of drug-likeness (QED) is 0.472. The number of carboxylic acid groups (broad SMARTS) is 1. The summed E-state index contributed by atoms with van der Waals surface area (Å²) < 4.78 is 0. The first-order valence-electron chi connectivity index (χ1n) is 9.32. The van der Waals surface area contributed by atoms with Crippen LogP contribution in [0.25, 0.3) is 12.2 Å². The molecule has 0 fully saturated rings. The van der Waals surface area contributed by atoms with E-state index >= 15 is 0 Å². The molecule has 3 aromatic rings. The van der Waals surface area contributed by atoms with Crippen LogP contribution in [0.15, 0.2) is 53.4 Å². The zero-order valence-corrected chi connectivity index (χ0v) is 18.3. The molecule has 0 spiro atoms. The van der Waals surface area contributed by atoms with Crippen LogP contribution < -0.4 is 5.32 Å². The minimum Gasteiger partial charge on any atom is -0.481 e. The Morgan fingerprint density at radius 1 is 1.07 bits per heavy atom. The van der Waals surface area contributed by atoms with Gasteiger partial charge in [-0.05, 0) is 41.2 Å². The number of nitrogens with one attached hydrogen (secondary N) is 1. The molecule has 0 atom stereocenters. The van der Waals surface area contributed by atoms with Crippen molar-refractivity contribution in [3.63, 3.8) is 0 Å². The maximum absolute atomic E-state index is 11.4. The van der Waals surface area contributed by atoms with Gasteiger partial charge in [0.25, 0.3) is 0 Å². The summed E-state index contributed by atoms with van der Waals surface area (Å²) in [6.45, 7) is 1.47. The van der Waals surface area contributed by atoms with Gasteiger partial charge in [-0.1, -0.05) is 42.5 Å². The van der Waals surface area contributed by atoms with Crippen LogP contribution in [0.1, 0.15) is 34.2 Å². The van der Waals surface area contributed by atoms with E-state index in [4.69, 9.17) is 5.11 Å². The minimum atomic E-state index is -0.846. The number of aromatic nitrogens is 1. The summed E-state index contributed by atoms with van der Waals surface area (Å²) in [6.07, 6.45) is 6.66. The lowest BCUT2D eigenvalue weighted by Gasteiger charge is -2.02. The van der Waals surface area contributed by atoms with Crippen LogP contribution in [0, 0.1) is 0 Å². The topological polar surface area (TPSA) is 79.3 Å². The summed E-state index contributed by atoms with van der Waals surface area (Å²) in [7, 11) is 0. The predicted octanol–water partition coefficient (Wildman–Crippen LogP) is 5.21. The van der Waals surface area contributed by atoms with Crippen LogP contribution in [0.2, 0.25) is 0 Å². The zero-order valence-electron chi connectivity index (χ0n) is 16.7. The average molecular weight is 439 g/mol. The highest BCUT2D eigenvalue weighted by Crippen LogP contribution is 2.28. The molecule has 30 heavy (non-hydrogen) atoms. The Bertz CT molecular complexity index is 1060. The highest BCUT2D eigenvalue weighted by Gasteiger charge is 2.11. The van der Waals surface area contributed by atoms with Gasteiger partial charge in [-0.2, -0.15) is 0 Å². The molecule has 0 saturated heterocycles. The van der Waals surface area contributed by atoms with Crippen molar-refractivity contribution in [1.29, 1.82) is 0 Å². The van der Waals surface area contributed by atoms with E-state index in [0.29, 0.717) is 5.13 Å². The SMILES string of the molecule is CSc1ccc(Cc2sc(NC(C)=O)nc2C=Cc2ccc(CC(=O)O)cc2)cc1. The molecule has 0 aliphatic rings. The molecule has 1 heterocycles. The van der Waals surface area contributed by atoms with Crippen molar-refractivity contribution in [3.8, 4) is 0 Å². The minimum absolute atomic E-state index is 0.00956. The Kier molecular flexibility index (Phi) is 7.43. The molecule has 0 aliphatic heterocycles. The third-order valence-electron chi connectivity index (χ3n) is 4.30. The van der Waals surface area contributed by atoms with Gasteiger partial charge < -0.3 is 10.4 Å². The second kappa shape index (κ2) is 10.2. The number of hydrogen-bond donors (Lipinski definition) is 2. The molecule has 0 unspecified atom stereocenters. The van der Waals surface area contributed by atoms with Gasteiger partial charge in [-0.25, -0.2) is 4.98 Å². The molecule has 154 valence electrons. The van der Waals surface area contributed by atoms with Crippen molar-refractivity contribution in [2.45, 2.75) is 24.7 Å². The summed E-state index contributed by atoms with van der Waals surface area (Å²) in [6, 6.07) is 15.8. The van der Waals surface area contributed by atoms with Crippen molar-refractivity contribution in [1.82, 2.24) is 4.98 Å². The summed E-state index contributed by atoms with van der Waals surface area (Å²) in [5, 5.41) is 12.2. The van der Waals surface area contributed by atoms with Crippen molar-refractivity contribution < 1.29 is 14.7 Å². The van der Waals surface area contributed by atoms with Crippen LogP contribution in [0.5, 0.6) is 0 Å². The highest BCUT2D eigenvalue weighted by atomic mass is 32.2. The van der Waals surface area contributed by atoms with E-state index in [0.717, 1.165) is 28.1 Å². The number of carbonyl (C=O) groups excluding carboxylic acids is 1. The molecular weight excluding hydrogens is 416 g/mol. The van der Waals surface area contributed by atoms with Crippen LogP contribution in [0.3, 0.4) is 0 Å². The van der Waals surface area contributed by atoms with E-state index in [1.54, 1.807) is 11.8 Å². The lowest BCUT2D eigenvalue weighted by Crippen LogP contribution is -2.04. The molecule has 5 nitrogen and oxygen atoms in total. The van der Waals surface area contributed by atoms with Crippen molar-refractivity contribution in [2.75, 3.05) is 11.6 Å². The second-order valence-corrected chi connectivity index (χ2v) is 8.64. The smallest absolute Gasteiger partial charge is 0.307 e. The molecule has 1 amide bonds. The monoisotopic (exact) mass is 438 g/mol. The number of aliphatic carboxylic acids is 1. The molecule has 2 N–H and O–H groups in total. The van der Waals surface area contributed by atoms with E-state index in [9.17, 15) is 9.59 Å². The highest BCUT2D eigenvalue weighted by molar-refractivity contribution is 7.98. The number of nitrogens with zero attached hydrogens (tertiary/aromatic N) is 1. The summed E-state index contributed by atoms with van der Waals surface area (Å²) in [5.74, 6) is -0.995. The first kappa shape index (κ1) is 21.8. The van der Waals surface area contributed by atoms with Crippen molar-refractivity contribution in [2.24, 2.45) is 0 Å². The predicted molar refractivity (Wildman–Crippen MR) is 124 cm³/mol. The standard InChI is InChI=1S/C23H22N2O3S2/c1-15(26)24-23-25-20(12-9-16-3-5-18(6-4-16)14-22(27)28)21(30-23)13-17-7-10-19(29-2)11-8-17/h3-12H,13-14H2,1-2H3,(H,27,28)(H,24,25,26). The molecule has 0 aliphatic carbocycles. The van der Waals surface area contributed by atoms with E-state index in [1.165, 1.54) is 28.7 Å². The van der Waals surface area contributed by atoms with E-state index in [1.807, 2.05) is 36.4 Å². The lowest BCUT2D eigenvalue weighted by molar-refractivity contribution is -0.136. The van der Waals surface area contributed by atoms with Crippen LogP contribution in [-0.4, -0.2) is 28.2 Å².